The van der Waals surface area contributed by atoms with Crippen LogP contribution in [0.1, 0.15) is 51.5 Å². The number of aromatic nitrogens is 1. The zero-order valence-electron chi connectivity index (χ0n) is 18.2. The van der Waals surface area contributed by atoms with Gasteiger partial charge < -0.3 is 20.4 Å². The molecule has 6 heteroatoms. The van der Waals surface area contributed by atoms with Crippen molar-refractivity contribution in [3.8, 4) is 0 Å². The number of fused-ring (bicyclic) bond motifs is 1. The first-order chi connectivity index (χ1) is 14.6. The third kappa shape index (κ3) is 6.08. The van der Waals surface area contributed by atoms with Crippen LogP contribution in [-0.4, -0.2) is 42.6 Å². The van der Waals surface area contributed by atoms with Gasteiger partial charge in [-0.05, 0) is 56.6 Å². The molecular formula is C24H35N3O3. The largest absolute Gasteiger partial charge is 0.382 e. The van der Waals surface area contributed by atoms with E-state index in [4.69, 9.17) is 4.74 Å². The molecule has 0 bridgehead atoms. The Balaban J connectivity index is 1.66. The van der Waals surface area contributed by atoms with Gasteiger partial charge in [0.25, 0.3) is 0 Å². The van der Waals surface area contributed by atoms with Crippen molar-refractivity contribution < 1.29 is 14.3 Å². The second-order valence-electron chi connectivity index (χ2n) is 8.42. The number of H-pyrrole nitrogens is 1. The van der Waals surface area contributed by atoms with Gasteiger partial charge in [0, 0.05) is 49.2 Å². The number of rotatable bonds is 10. The second kappa shape index (κ2) is 11.2. The van der Waals surface area contributed by atoms with E-state index < -0.39 is 6.04 Å². The van der Waals surface area contributed by atoms with Crippen molar-refractivity contribution in [2.75, 3.05) is 19.8 Å². The van der Waals surface area contributed by atoms with E-state index in [1.807, 2.05) is 37.4 Å². The molecule has 1 aromatic heterocycles. The third-order valence-corrected chi connectivity index (χ3v) is 6.09. The van der Waals surface area contributed by atoms with Crippen molar-refractivity contribution >= 4 is 22.7 Å². The highest BCUT2D eigenvalue weighted by molar-refractivity contribution is 5.90. The molecule has 1 aromatic carbocycles. The van der Waals surface area contributed by atoms with Crippen LogP contribution in [0.4, 0.5) is 0 Å². The topological polar surface area (TPSA) is 83.2 Å². The predicted molar refractivity (Wildman–Crippen MR) is 119 cm³/mol. The molecule has 164 valence electrons. The lowest BCUT2D eigenvalue weighted by Gasteiger charge is -2.27. The molecule has 3 rings (SSSR count). The van der Waals surface area contributed by atoms with Gasteiger partial charge in [-0.3, -0.25) is 9.59 Å². The monoisotopic (exact) mass is 413 g/mol. The summed E-state index contributed by atoms with van der Waals surface area (Å²) in [7, 11) is 0. The first kappa shape index (κ1) is 22.3. The summed E-state index contributed by atoms with van der Waals surface area (Å²) < 4.78 is 5.34. The Morgan fingerprint density at radius 3 is 2.73 bits per heavy atom. The minimum atomic E-state index is -0.580. The number of amides is 2. The lowest BCUT2D eigenvalue weighted by Crippen LogP contribution is -2.50. The second-order valence-corrected chi connectivity index (χ2v) is 8.42. The zero-order chi connectivity index (χ0) is 21.3. The van der Waals surface area contributed by atoms with Gasteiger partial charge in [-0.1, -0.05) is 25.1 Å². The number of carbonyl (C=O) groups is 2. The number of aromatic amines is 1. The molecule has 3 N–H and O–H groups in total. The van der Waals surface area contributed by atoms with E-state index in [0.717, 1.165) is 48.6 Å². The fourth-order valence-corrected chi connectivity index (χ4v) is 4.19. The molecule has 1 aliphatic carbocycles. The van der Waals surface area contributed by atoms with Crippen molar-refractivity contribution in [3.05, 3.63) is 36.0 Å². The highest BCUT2D eigenvalue weighted by Crippen LogP contribution is 2.28. The average molecular weight is 414 g/mol. The maximum atomic E-state index is 12.9. The molecular weight excluding hydrogens is 378 g/mol. The van der Waals surface area contributed by atoms with E-state index in [1.165, 1.54) is 0 Å². The Morgan fingerprint density at radius 2 is 1.97 bits per heavy atom. The number of benzene rings is 1. The SMILES string of the molecule is CCOCCCNC(=O)C(Cc1c[nH]c2ccccc12)NC(=O)C1CCC(C)CC1. The molecule has 1 atom stereocenters. The summed E-state index contributed by atoms with van der Waals surface area (Å²) in [6.45, 7) is 6.03. The summed E-state index contributed by atoms with van der Waals surface area (Å²) in [5.41, 5.74) is 2.08. The van der Waals surface area contributed by atoms with E-state index in [1.54, 1.807) is 0 Å². The summed E-state index contributed by atoms with van der Waals surface area (Å²) in [6, 6.07) is 7.45. The number of hydrogen-bond donors (Lipinski definition) is 3. The first-order valence-electron chi connectivity index (χ1n) is 11.3. The van der Waals surface area contributed by atoms with Crippen molar-refractivity contribution in [3.63, 3.8) is 0 Å². The fourth-order valence-electron chi connectivity index (χ4n) is 4.19. The molecule has 1 heterocycles. The van der Waals surface area contributed by atoms with Gasteiger partial charge in [0.15, 0.2) is 0 Å². The van der Waals surface area contributed by atoms with Crippen LogP contribution in [-0.2, 0) is 20.7 Å². The number of para-hydroxylation sites is 1. The Hall–Kier alpha value is -2.34. The van der Waals surface area contributed by atoms with Crippen molar-refractivity contribution in [2.45, 2.75) is 58.4 Å². The molecule has 0 saturated heterocycles. The summed E-state index contributed by atoms with van der Waals surface area (Å²) in [5.74, 6) is 0.577. The van der Waals surface area contributed by atoms with Gasteiger partial charge in [0.2, 0.25) is 11.8 Å². The molecule has 0 spiro atoms. The van der Waals surface area contributed by atoms with Crippen LogP contribution in [0.2, 0.25) is 0 Å². The summed E-state index contributed by atoms with van der Waals surface area (Å²) >= 11 is 0. The van der Waals surface area contributed by atoms with Crippen molar-refractivity contribution in [1.82, 2.24) is 15.6 Å². The van der Waals surface area contributed by atoms with Gasteiger partial charge in [0.05, 0.1) is 0 Å². The van der Waals surface area contributed by atoms with Gasteiger partial charge in [0.1, 0.15) is 6.04 Å². The van der Waals surface area contributed by atoms with E-state index in [0.29, 0.717) is 32.1 Å². The van der Waals surface area contributed by atoms with Crippen molar-refractivity contribution in [1.29, 1.82) is 0 Å². The summed E-state index contributed by atoms with van der Waals surface area (Å²) in [5, 5.41) is 7.12. The third-order valence-electron chi connectivity index (χ3n) is 6.09. The van der Waals surface area contributed by atoms with Crippen LogP contribution in [0, 0.1) is 11.8 Å². The van der Waals surface area contributed by atoms with Crippen LogP contribution in [0.5, 0.6) is 0 Å². The van der Waals surface area contributed by atoms with Crippen LogP contribution >= 0.6 is 0 Å². The molecule has 6 nitrogen and oxygen atoms in total. The Kier molecular flexibility index (Phi) is 8.31. The van der Waals surface area contributed by atoms with Crippen LogP contribution in [0.15, 0.2) is 30.5 Å². The van der Waals surface area contributed by atoms with Crippen LogP contribution < -0.4 is 10.6 Å². The van der Waals surface area contributed by atoms with Crippen molar-refractivity contribution in [2.24, 2.45) is 11.8 Å². The number of ether oxygens (including phenoxy) is 1. The Bertz CT molecular complexity index is 824. The van der Waals surface area contributed by atoms with Gasteiger partial charge in [-0.15, -0.1) is 0 Å². The maximum absolute atomic E-state index is 12.9. The minimum absolute atomic E-state index is 0.0104. The summed E-state index contributed by atoms with van der Waals surface area (Å²) in [6.07, 6.45) is 7.13. The van der Waals surface area contributed by atoms with Gasteiger partial charge >= 0.3 is 0 Å². The highest BCUT2D eigenvalue weighted by Gasteiger charge is 2.28. The minimum Gasteiger partial charge on any atom is -0.382 e. The van der Waals surface area contributed by atoms with E-state index >= 15 is 0 Å². The highest BCUT2D eigenvalue weighted by atomic mass is 16.5. The number of nitrogens with one attached hydrogen (secondary N) is 3. The Labute approximate surface area is 179 Å². The lowest BCUT2D eigenvalue weighted by molar-refractivity contribution is -0.131. The normalized spacial score (nSPS) is 20.1. The lowest BCUT2D eigenvalue weighted by atomic mass is 9.82. The smallest absolute Gasteiger partial charge is 0.242 e. The van der Waals surface area contributed by atoms with Gasteiger partial charge in [-0.25, -0.2) is 0 Å². The average Bonchev–Trinajstić information content (AvgIpc) is 3.16. The van der Waals surface area contributed by atoms with E-state index in [9.17, 15) is 9.59 Å². The number of carbonyl (C=O) groups excluding carboxylic acids is 2. The fraction of sp³-hybridized carbons (Fsp3) is 0.583. The standard InChI is InChI=1S/C24H35N3O3/c1-3-30-14-6-13-25-24(29)22(27-23(28)18-11-9-17(2)10-12-18)15-19-16-26-21-8-5-4-7-20(19)21/h4-5,7-8,16-18,22,26H,3,6,9-15H2,1-2H3,(H,25,29)(H,27,28). The molecule has 1 unspecified atom stereocenters. The molecule has 1 aliphatic rings. The Morgan fingerprint density at radius 1 is 1.20 bits per heavy atom. The molecule has 30 heavy (non-hydrogen) atoms. The first-order valence-corrected chi connectivity index (χ1v) is 11.3. The molecule has 0 aliphatic heterocycles. The zero-order valence-corrected chi connectivity index (χ0v) is 18.2. The van der Waals surface area contributed by atoms with E-state index in [2.05, 4.69) is 22.5 Å². The number of hydrogen-bond acceptors (Lipinski definition) is 3. The molecule has 2 aromatic rings. The predicted octanol–water partition coefficient (Wildman–Crippen LogP) is 3.56. The molecule has 2 amide bonds. The van der Waals surface area contributed by atoms with E-state index in [-0.39, 0.29) is 17.7 Å². The summed E-state index contributed by atoms with van der Waals surface area (Å²) in [4.78, 5) is 29.1. The quantitative estimate of drug-likeness (QED) is 0.521. The molecule has 0 radical (unpaired) electrons. The van der Waals surface area contributed by atoms with Crippen LogP contribution in [0.25, 0.3) is 10.9 Å². The van der Waals surface area contributed by atoms with Gasteiger partial charge in [-0.2, -0.15) is 0 Å². The maximum Gasteiger partial charge on any atom is 0.242 e. The van der Waals surface area contributed by atoms with Crippen LogP contribution in [0.3, 0.4) is 0 Å². The molecule has 1 fully saturated rings. The molecule has 1 saturated carbocycles.